The summed E-state index contributed by atoms with van der Waals surface area (Å²) >= 11 is 0. The molecule has 0 amide bonds. The minimum Gasteiger partial charge on any atom is -0.387 e. The van der Waals surface area contributed by atoms with E-state index in [0.29, 0.717) is 5.92 Å². The number of hydrogen-bond donors (Lipinski definition) is 1. The quantitative estimate of drug-likeness (QED) is 0.913. The van der Waals surface area contributed by atoms with Crippen LogP contribution in [0.15, 0.2) is 12.4 Å². The molecule has 4 heteroatoms. The second-order valence-electron chi connectivity index (χ2n) is 6.39. The molecule has 0 radical (unpaired) electrons. The van der Waals surface area contributed by atoms with Crippen LogP contribution in [0.25, 0.3) is 0 Å². The first-order valence-corrected chi connectivity index (χ1v) is 7.65. The summed E-state index contributed by atoms with van der Waals surface area (Å²) in [5.74, 6) is 0.554. The molecule has 4 nitrogen and oxygen atoms in total. The maximum Gasteiger partial charge on any atom is 0.101 e. The zero-order valence-corrected chi connectivity index (χ0v) is 12.7. The van der Waals surface area contributed by atoms with E-state index in [0.717, 1.165) is 31.2 Å². The number of rotatable bonds is 4. The molecule has 0 bridgehead atoms. The van der Waals surface area contributed by atoms with Crippen LogP contribution in [0.3, 0.4) is 0 Å². The molecule has 0 saturated heterocycles. The number of aliphatic hydroxyl groups excluding tert-OH is 1. The highest BCUT2D eigenvalue weighted by Gasteiger charge is 2.43. The summed E-state index contributed by atoms with van der Waals surface area (Å²) in [5.41, 5.74) is 0.140. The van der Waals surface area contributed by atoms with Crippen molar-refractivity contribution in [1.29, 1.82) is 5.26 Å². The van der Waals surface area contributed by atoms with Crippen molar-refractivity contribution in [2.45, 2.75) is 65.0 Å². The van der Waals surface area contributed by atoms with Gasteiger partial charge in [0.2, 0.25) is 0 Å². The number of nitriles is 1. The molecule has 1 aliphatic rings. The fourth-order valence-corrected chi connectivity index (χ4v) is 3.28. The third kappa shape index (κ3) is 2.73. The second kappa shape index (κ2) is 5.97. The molecule has 20 heavy (non-hydrogen) atoms. The van der Waals surface area contributed by atoms with Crippen LogP contribution in [0.2, 0.25) is 0 Å². The Labute approximate surface area is 121 Å². The van der Waals surface area contributed by atoms with E-state index in [4.69, 9.17) is 0 Å². The van der Waals surface area contributed by atoms with Crippen molar-refractivity contribution in [2.75, 3.05) is 0 Å². The lowest BCUT2D eigenvalue weighted by atomic mass is 9.65. The van der Waals surface area contributed by atoms with Crippen molar-refractivity contribution in [1.82, 2.24) is 9.78 Å². The zero-order chi connectivity index (χ0) is 14.8. The third-order valence-electron chi connectivity index (χ3n) is 4.68. The predicted octanol–water partition coefficient (Wildman–Crippen LogP) is 3.61. The zero-order valence-electron chi connectivity index (χ0n) is 12.7. The van der Waals surface area contributed by atoms with E-state index in [1.54, 1.807) is 6.20 Å². The highest BCUT2D eigenvalue weighted by molar-refractivity contribution is 5.19. The van der Waals surface area contributed by atoms with Crippen LogP contribution >= 0.6 is 0 Å². The summed E-state index contributed by atoms with van der Waals surface area (Å²) in [6.07, 6.45) is 7.74. The molecule has 1 N–H and O–H groups in total. The summed E-state index contributed by atoms with van der Waals surface area (Å²) < 4.78 is 1.84. The lowest BCUT2D eigenvalue weighted by Crippen LogP contribution is -2.33. The predicted molar refractivity (Wildman–Crippen MR) is 77.9 cm³/mol. The Morgan fingerprint density at radius 2 is 2.35 bits per heavy atom. The number of hydrogen-bond acceptors (Lipinski definition) is 3. The maximum atomic E-state index is 10.7. The van der Waals surface area contributed by atoms with Crippen molar-refractivity contribution < 1.29 is 5.11 Å². The molecule has 0 aliphatic heterocycles. The first kappa shape index (κ1) is 15.1. The van der Waals surface area contributed by atoms with Crippen LogP contribution in [-0.4, -0.2) is 14.9 Å². The van der Waals surface area contributed by atoms with Gasteiger partial charge < -0.3 is 5.11 Å². The Morgan fingerprint density at radius 1 is 1.60 bits per heavy atom. The normalized spacial score (nSPS) is 28.3. The third-order valence-corrected chi connectivity index (χ3v) is 4.68. The summed E-state index contributed by atoms with van der Waals surface area (Å²) in [7, 11) is 0. The van der Waals surface area contributed by atoms with Crippen LogP contribution < -0.4 is 0 Å². The van der Waals surface area contributed by atoms with Crippen LogP contribution in [-0.2, 0) is 0 Å². The molecule has 0 spiro atoms. The average molecular weight is 275 g/mol. The van der Waals surface area contributed by atoms with E-state index in [1.165, 1.54) is 6.42 Å². The lowest BCUT2D eigenvalue weighted by molar-refractivity contribution is 0.0184. The van der Waals surface area contributed by atoms with Crippen molar-refractivity contribution in [2.24, 2.45) is 11.3 Å². The monoisotopic (exact) mass is 275 g/mol. The van der Waals surface area contributed by atoms with Gasteiger partial charge in [-0.15, -0.1) is 0 Å². The van der Waals surface area contributed by atoms with Gasteiger partial charge in [0.15, 0.2) is 0 Å². The first-order chi connectivity index (χ1) is 9.52. The van der Waals surface area contributed by atoms with Crippen molar-refractivity contribution in [3.63, 3.8) is 0 Å². The molecule has 3 unspecified atom stereocenters. The van der Waals surface area contributed by atoms with Crippen LogP contribution in [0.5, 0.6) is 0 Å². The summed E-state index contributed by atoms with van der Waals surface area (Å²) in [6.45, 7) is 6.27. The largest absolute Gasteiger partial charge is 0.387 e. The van der Waals surface area contributed by atoms with E-state index in [-0.39, 0.29) is 6.04 Å². The van der Waals surface area contributed by atoms with Crippen LogP contribution in [0.4, 0.5) is 0 Å². The Morgan fingerprint density at radius 3 is 2.90 bits per heavy atom. The van der Waals surface area contributed by atoms with Gasteiger partial charge in [-0.3, -0.25) is 4.68 Å². The van der Waals surface area contributed by atoms with Gasteiger partial charge >= 0.3 is 0 Å². The molecule has 1 aromatic rings. The van der Waals surface area contributed by atoms with Gasteiger partial charge in [0.1, 0.15) is 6.10 Å². The minimum absolute atomic E-state index is 0.267. The van der Waals surface area contributed by atoms with Gasteiger partial charge in [-0.25, -0.2) is 0 Å². The summed E-state index contributed by atoms with van der Waals surface area (Å²) in [6, 6.07) is 2.70. The maximum absolute atomic E-state index is 10.7. The first-order valence-electron chi connectivity index (χ1n) is 7.65. The topological polar surface area (TPSA) is 61.8 Å². The number of aromatic nitrogens is 2. The van der Waals surface area contributed by atoms with E-state index in [1.807, 2.05) is 10.9 Å². The number of nitrogens with zero attached hydrogens (tertiary/aromatic N) is 3. The van der Waals surface area contributed by atoms with Gasteiger partial charge in [-0.05, 0) is 32.6 Å². The van der Waals surface area contributed by atoms with Gasteiger partial charge in [0.25, 0.3) is 0 Å². The molecule has 1 aliphatic carbocycles. The van der Waals surface area contributed by atoms with Crippen LogP contribution in [0.1, 0.15) is 70.6 Å². The van der Waals surface area contributed by atoms with E-state index < -0.39 is 11.5 Å². The van der Waals surface area contributed by atoms with Gasteiger partial charge in [0, 0.05) is 17.8 Å². The standard InChI is InChI=1S/C16H25N3O/c1-4-13-6-5-7-16(8-13,11-17)15(20)14-9-18-19(10-14)12(2)3/h9-10,12-13,15,20H,4-8H2,1-3H3. The molecule has 0 aromatic carbocycles. The number of aliphatic hydroxyl groups is 1. The molecule has 1 heterocycles. The fraction of sp³-hybridized carbons (Fsp3) is 0.750. The van der Waals surface area contributed by atoms with Gasteiger partial charge in [-0.2, -0.15) is 10.4 Å². The van der Waals surface area contributed by atoms with Crippen molar-refractivity contribution in [3.05, 3.63) is 18.0 Å². The van der Waals surface area contributed by atoms with E-state index >= 15 is 0 Å². The average Bonchev–Trinajstić information content (AvgIpc) is 2.96. The van der Waals surface area contributed by atoms with Gasteiger partial charge in [-0.1, -0.05) is 26.2 Å². The highest BCUT2D eigenvalue weighted by Crippen LogP contribution is 2.48. The molecule has 2 rings (SSSR count). The molecule has 110 valence electrons. The highest BCUT2D eigenvalue weighted by atomic mass is 16.3. The molecular weight excluding hydrogens is 250 g/mol. The SMILES string of the molecule is CCC1CCCC(C#N)(C(O)c2cnn(C(C)C)c2)C1. The van der Waals surface area contributed by atoms with E-state index in [2.05, 4.69) is 31.9 Å². The molecular formula is C16H25N3O. The summed E-state index contributed by atoms with van der Waals surface area (Å²) in [5, 5.41) is 24.7. The smallest absolute Gasteiger partial charge is 0.101 e. The Bertz CT molecular complexity index is 488. The Balaban J connectivity index is 2.23. The lowest BCUT2D eigenvalue weighted by Gasteiger charge is -2.38. The summed E-state index contributed by atoms with van der Waals surface area (Å²) in [4.78, 5) is 0. The molecule has 1 aromatic heterocycles. The van der Waals surface area contributed by atoms with Crippen molar-refractivity contribution >= 4 is 0 Å². The van der Waals surface area contributed by atoms with Gasteiger partial charge in [0.05, 0.1) is 17.7 Å². The minimum atomic E-state index is -0.727. The molecule has 1 fully saturated rings. The van der Waals surface area contributed by atoms with Crippen molar-refractivity contribution in [3.8, 4) is 6.07 Å². The second-order valence-corrected chi connectivity index (χ2v) is 6.39. The Hall–Kier alpha value is -1.34. The molecule has 1 saturated carbocycles. The molecule has 3 atom stereocenters. The Kier molecular flexibility index (Phi) is 4.49. The van der Waals surface area contributed by atoms with E-state index in [9.17, 15) is 10.4 Å². The fourth-order valence-electron chi connectivity index (χ4n) is 3.28. The van der Waals surface area contributed by atoms with Crippen LogP contribution in [0, 0.1) is 22.7 Å².